The third-order valence-electron chi connectivity index (χ3n) is 7.40. The highest BCUT2D eigenvalue weighted by Crippen LogP contribution is 2.31. The normalized spacial score (nSPS) is 22.1. The highest BCUT2D eigenvalue weighted by Gasteiger charge is 2.37. The molecule has 5 rings (SSSR count). The van der Waals surface area contributed by atoms with Gasteiger partial charge in [-0.3, -0.25) is 9.59 Å². The van der Waals surface area contributed by atoms with Crippen LogP contribution in [-0.2, 0) is 19.6 Å². The van der Waals surface area contributed by atoms with Crippen LogP contribution in [0.2, 0.25) is 0 Å². The van der Waals surface area contributed by atoms with Crippen molar-refractivity contribution in [3.05, 3.63) is 90.2 Å². The van der Waals surface area contributed by atoms with Crippen LogP contribution in [0.1, 0.15) is 37.3 Å². The summed E-state index contributed by atoms with van der Waals surface area (Å²) in [5.41, 5.74) is 1.98. The van der Waals surface area contributed by atoms with Gasteiger partial charge in [0.25, 0.3) is 0 Å². The standard InChI is InChI=1S/C29H30FN3O4S/c30-26-9-5-4-8-25(26)20-12-16-24(17-13-20)38(36,37)32-23-14-10-22(11-15-23)29(35)33-19-28(34)31-18-27(33)21-6-2-1-3-7-21/h1-9,12-13,16-17,22-23,27,32H,10-11,14-15,18-19H2,(H,31,34). The number of halogens is 1. The monoisotopic (exact) mass is 535 g/mol. The molecule has 0 bridgehead atoms. The summed E-state index contributed by atoms with van der Waals surface area (Å²) in [5, 5.41) is 2.85. The lowest BCUT2D eigenvalue weighted by molar-refractivity contribution is -0.145. The second kappa shape index (κ2) is 11.0. The Bertz CT molecular complexity index is 1410. The second-order valence-electron chi connectivity index (χ2n) is 9.87. The number of hydrogen-bond acceptors (Lipinski definition) is 4. The van der Waals surface area contributed by atoms with Crippen molar-refractivity contribution in [1.82, 2.24) is 14.9 Å². The van der Waals surface area contributed by atoms with Crippen molar-refractivity contribution in [2.24, 2.45) is 5.92 Å². The predicted octanol–water partition coefficient (Wildman–Crippen LogP) is 4.03. The molecule has 1 atom stereocenters. The maximum atomic E-state index is 14.1. The van der Waals surface area contributed by atoms with Gasteiger partial charge < -0.3 is 10.2 Å². The molecule has 38 heavy (non-hydrogen) atoms. The number of hydrogen-bond donors (Lipinski definition) is 2. The van der Waals surface area contributed by atoms with Gasteiger partial charge in [0.1, 0.15) is 12.4 Å². The Kier molecular flexibility index (Phi) is 7.58. The van der Waals surface area contributed by atoms with Crippen molar-refractivity contribution in [2.45, 2.75) is 42.7 Å². The van der Waals surface area contributed by atoms with Gasteiger partial charge in [0, 0.05) is 24.1 Å². The SMILES string of the molecule is O=C1CN(C(=O)C2CCC(NS(=O)(=O)c3ccc(-c4ccccc4F)cc3)CC2)C(c2ccccc2)CN1. The first kappa shape index (κ1) is 26.1. The van der Waals surface area contributed by atoms with Crippen LogP contribution in [0.5, 0.6) is 0 Å². The van der Waals surface area contributed by atoms with Gasteiger partial charge in [-0.05, 0) is 55.0 Å². The first-order valence-corrected chi connectivity index (χ1v) is 14.3. The summed E-state index contributed by atoms with van der Waals surface area (Å²) in [5.74, 6) is -0.854. The lowest BCUT2D eigenvalue weighted by Gasteiger charge is -2.39. The number of carbonyl (C=O) groups excluding carboxylic acids is 2. The molecule has 2 aliphatic rings. The molecule has 9 heteroatoms. The molecule has 7 nitrogen and oxygen atoms in total. The largest absolute Gasteiger partial charge is 0.352 e. The number of nitrogens with zero attached hydrogens (tertiary/aromatic N) is 1. The number of carbonyl (C=O) groups is 2. The molecule has 198 valence electrons. The first-order valence-electron chi connectivity index (χ1n) is 12.8. The van der Waals surface area contributed by atoms with Crippen LogP contribution in [0, 0.1) is 11.7 Å². The molecule has 0 aromatic heterocycles. The zero-order valence-electron chi connectivity index (χ0n) is 20.8. The van der Waals surface area contributed by atoms with Gasteiger partial charge in [-0.25, -0.2) is 17.5 Å². The van der Waals surface area contributed by atoms with E-state index >= 15 is 0 Å². The van der Waals surface area contributed by atoms with Crippen LogP contribution in [0.25, 0.3) is 11.1 Å². The molecule has 0 spiro atoms. The zero-order valence-corrected chi connectivity index (χ0v) is 21.7. The number of benzene rings is 3. The van der Waals surface area contributed by atoms with E-state index in [2.05, 4.69) is 10.0 Å². The maximum absolute atomic E-state index is 14.1. The summed E-state index contributed by atoms with van der Waals surface area (Å²) >= 11 is 0. The number of piperazine rings is 1. The van der Waals surface area contributed by atoms with Crippen molar-refractivity contribution in [3.8, 4) is 11.1 Å². The summed E-state index contributed by atoms with van der Waals surface area (Å²) < 4.78 is 42.9. The molecule has 3 aromatic rings. The smallest absolute Gasteiger partial charge is 0.240 e. The predicted molar refractivity (Wildman–Crippen MR) is 142 cm³/mol. The third-order valence-corrected chi connectivity index (χ3v) is 8.93. The molecule has 1 aliphatic carbocycles. The van der Waals surface area contributed by atoms with Crippen LogP contribution < -0.4 is 10.0 Å². The van der Waals surface area contributed by atoms with Crippen LogP contribution in [0.3, 0.4) is 0 Å². The van der Waals surface area contributed by atoms with E-state index in [9.17, 15) is 22.4 Å². The van der Waals surface area contributed by atoms with Gasteiger partial charge in [-0.1, -0.05) is 60.7 Å². The molecule has 1 saturated carbocycles. The van der Waals surface area contributed by atoms with Gasteiger partial charge in [-0.15, -0.1) is 0 Å². The van der Waals surface area contributed by atoms with E-state index in [0.717, 1.165) is 5.56 Å². The van der Waals surface area contributed by atoms with Crippen molar-refractivity contribution in [3.63, 3.8) is 0 Å². The fourth-order valence-electron chi connectivity index (χ4n) is 5.34. The highest BCUT2D eigenvalue weighted by atomic mass is 32.2. The van der Waals surface area contributed by atoms with E-state index in [1.165, 1.54) is 18.2 Å². The lowest BCUT2D eigenvalue weighted by Crippen LogP contribution is -2.54. The van der Waals surface area contributed by atoms with Crippen LogP contribution >= 0.6 is 0 Å². The molecule has 1 aliphatic heterocycles. The van der Waals surface area contributed by atoms with E-state index in [0.29, 0.717) is 43.4 Å². The molecule has 1 heterocycles. The van der Waals surface area contributed by atoms with Gasteiger partial charge in [0.2, 0.25) is 21.8 Å². The van der Waals surface area contributed by atoms with Crippen molar-refractivity contribution < 1.29 is 22.4 Å². The van der Waals surface area contributed by atoms with E-state index in [4.69, 9.17) is 0 Å². The minimum atomic E-state index is -3.77. The van der Waals surface area contributed by atoms with Crippen molar-refractivity contribution in [1.29, 1.82) is 0 Å². The van der Waals surface area contributed by atoms with Crippen molar-refractivity contribution >= 4 is 21.8 Å². The molecule has 0 radical (unpaired) electrons. The molecule has 2 amide bonds. The van der Waals surface area contributed by atoms with Gasteiger partial charge in [-0.2, -0.15) is 0 Å². The number of amides is 2. The molecule has 3 aromatic carbocycles. The Balaban J connectivity index is 1.21. The number of rotatable bonds is 6. The van der Waals surface area contributed by atoms with Crippen LogP contribution in [-0.4, -0.2) is 44.3 Å². The summed E-state index contributed by atoms with van der Waals surface area (Å²) in [6.45, 7) is 0.396. The molecule has 2 N–H and O–H groups in total. The Morgan fingerprint density at radius 3 is 2.24 bits per heavy atom. The summed E-state index contributed by atoms with van der Waals surface area (Å²) in [4.78, 5) is 27.3. The molecule has 1 unspecified atom stereocenters. The van der Waals surface area contributed by atoms with Gasteiger partial charge >= 0.3 is 0 Å². The van der Waals surface area contributed by atoms with E-state index in [-0.39, 0.29) is 47.1 Å². The highest BCUT2D eigenvalue weighted by molar-refractivity contribution is 7.89. The average Bonchev–Trinajstić information content (AvgIpc) is 2.94. The Morgan fingerprint density at radius 1 is 0.895 bits per heavy atom. The minimum absolute atomic E-state index is 0.0217. The second-order valence-corrected chi connectivity index (χ2v) is 11.6. The summed E-state index contributed by atoms with van der Waals surface area (Å²) in [7, 11) is -3.77. The molecular formula is C29H30FN3O4S. The van der Waals surface area contributed by atoms with Crippen molar-refractivity contribution in [2.75, 3.05) is 13.1 Å². The van der Waals surface area contributed by atoms with E-state index in [1.54, 1.807) is 35.2 Å². The number of sulfonamides is 1. The van der Waals surface area contributed by atoms with Crippen LogP contribution in [0.15, 0.2) is 83.8 Å². The van der Waals surface area contributed by atoms with Gasteiger partial charge in [0.15, 0.2) is 0 Å². The molecule has 1 saturated heterocycles. The fraction of sp³-hybridized carbons (Fsp3) is 0.310. The lowest BCUT2D eigenvalue weighted by atomic mass is 9.85. The summed E-state index contributed by atoms with van der Waals surface area (Å²) in [6.07, 6.45) is 2.13. The molecular weight excluding hydrogens is 505 g/mol. The number of nitrogens with one attached hydrogen (secondary N) is 2. The van der Waals surface area contributed by atoms with E-state index < -0.39 is 10.0 Å². The fourth-order valence-corrected chi connectivity index (χ4v) is 6.64. The van der Waals surface area contributed by atoms with E-state index in [1.807, 2.05) is 30.3 Å². The first-order chi connectivity index (χ1) is 18.3. The topological polar surface area (TPSA) is 95.6 Å². The quantitative estimate of drug-likeness (QED) is 0.498. The minimum Gasteiger partial charge on any atom is -0.352 e. The summed E-state index contributed by atoms with van der Waals surface area (Å²) in [6, 6.07) is 21.6. The Hall–Kier alpha value is -3.56. The maximum Gasteiger partial charge on any atom is 0.240 e. The Labute approximate surface area is 222 Å². The van der Waals surface area contributed by atoms with Crippen LogP contribution in [0.4, 0.5) is 4.39 Å². The Morgan fingerprint density at radius 2 is 1.55 bits per heavy atom. The molecule has 2 fully saturated rings. The van der Waals surface area contributed by atoms with Gasteiger partial charge in [0.05, 0.1) is 10.9 Å². The average molecular weight is 536 g/mol. The third kappa shape index (κ3) is 5.63. The zero-order chi connectivity index (χ0) is 26.7.